The number of hydrogen-bond acceptors (Lipinski definition) is 4. The molecule has 4 saturated carbocycles. The van der Waals surface area contributed by atoms with Crippen LogP contribution < -0.4 is 0 Å². The van der Waals surface area contributed by atoms with Crippen molar-refractivity contribution in [2.24, 2.45) is 40.9 Å². The number of carbonyl (C=O) groups is 2. The van der Waals surface area contributed by atoms with Crippen LogP contribution in [0.5, 0.6) is 0 Å². The molecule has 0 saturated heterocycles. The van der Waals surface area contributed by atoms with Gasteiger partial charge in [0.15, 0.2) is 5.78 Å². The van der Waals surface area contributed by atoms with Gasteiger partial charge in [0.2, 0.25) is 0 Å². The quantitative estimate of drug-likeness (QED) is 0.685. The van der Waals surface area contributed by atoms with Crippen molar-refractivity contribution in [2.75, 3.05) is 6.61 Å². The highest BCUT2D eigenvalue weighted by atomic mass is 16.7. The molecule has 0 heterocycles. The van der Waals surface area contributed by atoms with Crippen LogP contribution in [-0.4, -0.2) is 34.4 Å². The van der Waals surface area contributed by atoms with Crippen molar-refractivity contribution >= 4 is 11.9 Å². The summed E-state index contributed by atoms with van der Waals surface area (Å²) >= 11 is 0. The van der Waals surface area contributed by atoms with Gasteiger partial charge in [-0.15, -0.1) is 0 Å². The van der Waals surface area contributed by atoms with Crippen LogP contribution in [0.4, 0.5) is 4.79 Å². The molecule has 29 heavy (non-hydrogen) atoms. The lowest BCUT2D eigenvalue weighted by molar-refractivity contribution is -0.157. The lowest BCUT2D eigenvalue weighted by Gasteiger charge is -2.58. The van der Waals surface area contributed by atoms with Crippen molar-refractivity contribution in [2.45, 2.75) is 63.9 Å². The van der Waals surface area contributed by atoms with Crippen LogP contribution in [0, 0.1) is 40.9 Å². The van der Waals surface area contributed by atoms with Gasteiger partial charge in [-0.1, -0.05) is 19.1 Å². The highest BCUT2D eigenvalue weighted by Crippen LogP contribution is 2.77. The second kappa shape index (κ2) is 6.44. The fourth-order valence-electron chi connectivity index (χ4n) is 8.49. The molecule has 0 amide bonds. The maximum Gasteiger partial charge on any atom is 0.505 e. The fourth-order valence-corrected chi connectivity index (χ4v) is 8.49. The minimum absolute atomic E-state index is 0.0714. The van der Waals surface area contributed by atoms with Crippen LogP contribution in [0.25, 0.3) is 0 Å². The van der Waals surface area contributed by atoms with Crippen molar-refractivity contribution in [3.05, 3.63) is 23.8 Å². The van der Waals surface area contributed by atoms with Crippen LogP contribution in [0.3, 0.4) is 0 Å². The Kier molecular flexibility index (Phi) is 4.29. The summed E-state index contributed by atoms with van der Waals surface area (Å²) in [7, 11) is 0. The fraction of sp³-hybridized carbons (Fsp3) is 0.750. The molecule has 0 aromatic rings. The highest BCUT2D eigenvalue weighted by molar-refractivity contribution is 5.92. The van der Waals surface area contributed by atoms with E-state index in [0.717, 1.165) is 44.1 Å². The number of aliphatic hydroxyl groups is 1. The largest absolute Gasteiger partial charge is 0.505 e. The number of ketones is 1. The predicted octanol–water partition coefficient (Wildman–Crippen LogP) is 4.36. The minimum atomic E-state index is -1.26. The number of ether oxygens (including phenoxy) is 1. The van der Waals surface area contributed by atoms with E-state index in [0.29, 0.717) is 42.4 Å². The number of carbonyl (C=O) groups excluding carboxylic acids is 1. The number of allylic oxidation sites excluding steroid dienone is 2. The molecule has 0 aromatic carbocycles. The summed E-state index contributed by atoms with van der Waals surface area (Å²) in [5.74, 6) is 3.10. The zero-order valence-electron chi connectivity index (χ0n) is 17.2. The molecule has 5 nitrogen and oxygen atoms in total. The van der Waals surface area contributed by atoms with Gasteiger partial charge in [0.25, 0.3) is 0 Å². The standard InChI is InChI=1S/C24H32O5/c1-3-23-7-6-16-15-5-4-14(25)11-17(15)13(2)10-18(16)21(23)19-12-20(19)24(23,28)8-9-29-22(26)27/h11,15-16,18-21,28H,2-10,12H2,1H3,(H,26,27)/t15-,16-,18-,19+,20-,21-,23+,24+/m1/s1. The molecule has 0 bridgehead atoms. The number of rotatable bonds is 4. The zero-order chi connectivity index (χ0) is 20.6. The second-order valence-electron chi connectivity index (χ2n) is 10.2. The molecule has 2 N–H and O–H groups in total. The maximum absolute atomic E-state index is 12.0. The van der Waals surface area contributed by atoms with Crippen molar-refractivity contribution in [1.82, 2.24) is 0 Å². The van der Waals surface area contributed by atoms with Gasteiger partial charge < -0.3 is 14.9 Å². The molecule has 4 fully saturated rings. The Morgan fingerprint density at radius 3 is 2.83 bits per heavy atom. The average Bonchev–Trinajstić information content (AvgIpc) is 3.44. The van der Waals surface area contributed by atoms with E-state index >= 15 is 0 Å². The lowest BCUT2D eigenvalue weighted by atomic mass is 9.47. The van der Waals surface area contributed by atoms with E-state index in [9.17, 15) is 14.7 Å². The Balaban J connectivity index is 1.46. The van der Waals surface area contributed by atoms with E-state index in [2.05, 4.69) is 13.5 Å². The SMILES string of the molecule is C=C1C[C@@H]2[C@H](CC[C@@]3(CC)[C@H]2[C@H]2C[C@H]2[C@@]3(O)CCOC(=O)O)[C@H]2CCC(=O)C=C12. The monoisotopic (exact) mass is 400 g/mol. The Bertz CT molecular complexity index is 799. The average molecular weight is 401 g/mol. The zero-order valence-corrected chi connectivity index (χ0v) is 17.2. The van der Waals surface area contributed by atoms with Crippen LogP contribution in [0.15, 0.2) is 23.8 Å². The summed E-state index contributed by atoms with van der Waals surface area (Å²) in [5.41, 5.74) is 1.38. The summed E-state index contributed by atoms with van der Waals surface area (Å²) < 4.78 is 4.81. The smallest absolute Gasteiger partial charge is 0.450 e. The van der Waals surface area contributed by atoms with Gasteiger partial charge in [-0.2, -0.15) is 0 Å². The first-order valence-corrected chi connectivity index (χ1v) is 11.3. The molecule has 0 aliphatic heterocycles. The molecule has 8 atom stereocenters. The van der Waals surface area contributed by atoms with Crippen LogP contribution in [-0.2, 0) is 9.53 Å². The lowest BCUT2D eigenvalue weighted by Crippen LogP contribution is -2.57. The number of carboxylic acid groups (broad SMARTS) is 1. The number of fused-ring (bicyclic) bond motifs is 7. The molecule has 0 spiro atoms. The first-order chi connectivity index (χ1) is 13.8. The first kappa shape index (κ1) is 19.3. The van der Waals surface area contributed by atoms with Gasteiger partial charge >= 0.3 is 6.16 Å². The summed E-state index contributed by atoms with van der Waals surface area (Å²) in [6.07, 6.45) is 7.60. The third kappa shape index (κ3) is 2.55. The summed E-state index contributed by atoms with van der Waals surface area (Å²) in [4.78, 5) is 22.8. The Morgan fingerprint density at radius 2 is 2.10 bits per heavy atom. The Morgan fingerprint density at radius 1 is 1.31 bits per heavy atom. The molecule has 0 radical (unpaired) electrons. The third-order valence-electron chi connectivity index (χ3n) is 9.51. The van der Waals surface area contributed by atoms with Crippen LogP contribution in [0.2, 0.25) is 0 Å². The van der Waals surface area contributed by atoms with Crippen LogP contribution >= 0.6 is 0 Å². The first-order valence-electron chi connectivity index (χ1n) is 11.3. The van der Waals surface area contributed by atoms with Gasteiger partial charge in [0.1, 0.15) is 0 Å². The van der Waals surface area contributed by atoms with Gasteiger partial charge in [-0.05, 0) is 85.7 Å². The van der Waals surface area contributed by atoms with E-state index in [1.54, 1.807) is 0 Å². The summed E-state index contributed by atoms with van der Waals surface area (Å²) in [5, 5.41) is 20.8. The van der Waals surface area contributed by atoms with E-state index in [1.807, 2.05) is 6.08 Å². The molecule has 5 aliphatic carbocycles. The van der Waals surface area contributed by atoms with Crippen molar-refractivity contribution in [1.29, 1.82) is 0 Å². The summed E-state index contributed by atoms with van der Waals surface area (Å²) in [6.45, 7) is 6.63. The molecule has 0 unspecified atom stereocenters. The van der Waals surface area contributed by atoms with E-state index in [4.69, 9.17) is 9.84 Å². The van der Waals surface area contributed by atoms with Gasteiger partial charge in [-0.3, -0.25) is 4.79 Å². The predicted molar refractivity (Wildman–Crippen MR) is 107 cm³/mol. The molecule has 5 aliphatic rings. The van der Waals surface area contributed by atoms with Gasteiger partial charge in [-0.25, -0.2) is 4.79 Å². The molecule has 0 aromatic heterocycles. The van der Waals surface area contributed by atoms with Gasteiger partial charge in [0.05, 0.1) is 12.2 Å². The molecule has 5 rings (SSSR count). The topological polar surface area (TPSA) is 83.8 Å². The molecule has 5 heteroatoms. The van der Waals surface area contributed by atoms with E-state index in [-0.39, 0.29) is 23.7 Å². The molecular formula is C24H32O5. The van der Waals surface area contributed by atoms with Crippen molar-refractivity contribution in [3.63, 3.8) is 0 Å². The van der Waals surface area contributed by atoms with E-state index < -0.39 is 11.8 Å². The van der Waals surface area contributed by atoms with Gasteiger partial charge in [0, 0.05) is 18.3 Å². The molecular weight excluding hydrogens is 368 g/mol. The summed E-state index contributed by atoms with van der Waals surface area (Å²) in [6, 6.07) is 0. The minimum Gasteiger partial charge on any atom is -0.450 e. The van der Waals surface area contributed by atoms with Crippen LogP contribution in [0.1, 0.15) is 58.3 Å². The third-order valence-corrected chi connectivity index (χ3v) is 9.51. The Labute approximate surface area is 172 Å². The highest BCUT2D eigenvalue weighted by Gasteiger charge is 2.76. The second-order valence-corrected chi connectivity index (χ2v) is 10.2. The van der Waals surface area contributed by atoms with Crippen molar-refractivity contribution in [3.8, 4) is 0 Å². The Hall–Kier alpha value is -1.62. The molecule has 158 valence electrons. The van der Waals surface area contributed by atoms with Crippen molar-refractivity contribution < 1.29 is 24.5 Å². The van der Waals surface area contributed by atoms with E-state index in [1.165, 1.54) is 5.57 Å². The number of hydrogen-bond donors (Lipinski definition) is 2. The maximum atomic E-state index is 12.0. The normalized spacial score (nSPS) is 47.4.